The van der Waals surface area contributed by atoms with Crippen molar-refractivity contribution >= 4 is 81.2 Å². The molecule has 11 rings (SSSR count). The molecule has 0 aliphatic heterocycles. The number of nitrogens with zero attached hydrogens (tertiary/aromatic N) is 3. The van der Waals surface area contributed by atoms with E-state index in [1.54, 1.807) is 0 Å². The Morgan fingerprint density at radius 3 is 2.24 bits per heavy atom. The molecule has 0 saturated carbocycles. The third kappa shape index (κ3) is 4.00. The summed E-state index contributed by atoms with van der Waals surface area (Å²) in [6.07, 6.45) is 7.78. The molecule has 4 heterocycles. The quantitative estimate of drug-likeness (QED) is 0.185. The van der Waals surface area contributed by atoms with Crippen LogP contribution < -0.4 is 0 Å². The molecule has 3 nitrogen and oxygen atoms in total. The number of hydrogen-bond acceptors (Lipinski definition) is 2. The van der Waals surface area contributed by atoms with E-state index in [0.29, 0.717) is 5.92 Å². The zero-order valence-corrected chi connectivity index (χ0v) is 28.3. The minimum Gasteiger partial charge on any atom is -0.310 e. The molecule has 0 N–H and O–H groups in total. The molecular formula is C46H31N3S. The molecule has 4 aromatic heterocycles. The molecule has 0 spiro atoms. The fourth-order valence-corrected chi connectivity index (χ4v) is 9.64. The van der Waals surface area contributed by atoms with Crippen molar-refractivity contribution in [2.75, 3.05) is 0 Å². The van der Waals surface area contributed by atoms with Crippen molar-refractivity contribution in [3.63, 3.8) is 0 Å². The maximum absolute atomic E-state index is 4.96. The number of hydrogen-bond donors (Lipinski definition) is 0. The summed E-state index contributed by atoms with van der Waals surface area (Å²) >= 11 is 1.86. The summed E-state index contributed by atoms with van der Waals surface area (Å²) in [6.45, 7) is 2.31. The smallest absolute Gasteiger partial charge is 0.0703 e. The van der Waals surface area contributed by atoms with Gasteiger partial charge in [0.1, 0.15) is 0 Å². The van der Waals surface area contributed by atoms with Crippen LogP contribution in [-0.2, 0) is 6.42 Å². The molecule has 0 radical (unpaired) electrons. The number of pyridine rings is 1. The summed E-state index contributed by atoms with van der Waals surface area (Å²) in [6, 6.07) is 49.0. The van der Waals surface area contributed by atoms with Crippen LogP contribution in [-0.4, -0.2) is 14.1 Å². The van der Waals surface area contributed by atoms with E-state index in [1.807, 2.05) is 17.5 Å². The van der Waals surface area contributed by atoms with Crippen LogP contribution in [0.15, 0.2) is 146 Å². The highest BCUT2D eigenvalue weighted by Gasteiger charge is 2.22. The maximum Gasteiger partial charge on any atom is 0.0703 e. The SMILES string of the molecule is CC1C=Cc2c(c3ccccc3n2-c2ccc3c(c2)c2ccccc2n3-c2ccc3ncc(-c4cccc5c4sc4ccccc45)cc3c2)C1. The van der Waals surface area contributed by atoms with Gasteiger partial charge in [0.2, 0.25) is 0 Å². The number of aromatic nitrogens is 3. The molecule has 10 aromatic rings. The van der Waals surface area contributed by atoms with Crippen molar-refractivity contribution in [1.29, 1.82) is 0 Å². The highest BCUT2D eigenvalue weighted by molar-refractivity contribution is 7.26. The number of rotatable bonds is 3. The first-order valence-corrected chi connectivity index (χ1v) is 18.2. The Morgan fingerprint density at radius 2 is 1.34 bits per heavy atom. The molecule has 1 aliphatic carbocycles. The third-order valence-electron chi connectivity index (χ3n) is 10.7. The van der Waals surface area contributed by atoms with Gasteiger partial charge in [-0.1, -0.05) is 85.8 Å². The second-order valence-corrected chi connectivity index (χ2v) is 14.7. The number of allylic oxidation sites excluding steroid dienone is 1. The molecule has 0 amide bonds. The highest BCUT2D eigenvalue weighted by Crippen LogP contribution is 2.41. The van der Waals surface area contributed by atoms with E-state index in [4.69, 9.17) is 4.98 Å². The van der Waals surface area contributed by atoms with Crippen LogP contribution in [0.5, 0.6) is 0 Å². The lowest BCUT2D eigenvalue weighted by atomic mass is 9.93. The number of benzene rings is 6. The molecule has 1 aliphatic rings. The van der Waals surface area contributed by atoms with Gasteiger partial charge in [0.15, 0.2) is 0 Å². The van der Waals surface area contributed by atoms with Gasteiger partial charge < -0.3 is 9.13 Å². The van der Waals surface area contributed by atoms with Crippen LogP contribution in [0.25, 0.3) is 92.4 Å². The predicted octanol–water partition coefficient (Wildman–Crippen LogP) is 12.5. The first-order chi connectivity index (χ1) is 24.7. The fraction of sp³-hybridized carbons (Fsp3) is 0.0652. The average Bonchev–Trinajstić information content (AvgIpc) is 3.82. The van der Waals surface area contributed by atoms with Crippen LogP contribution in [0.1, 0.15) is 18.2 Å². The maximum atomic E-state index is 4.96. The largest absolute Gasteiger partial charge is 0.310 e. The topological polar surface area (TPSA) is 22.8 Å². The van der Waals surface area contributed by atoms with Crippen LogP contribution in [0, 0.1) is 5.92 Å². The molecule has 236 valence electrons. The monoisotopic (exact) mass is 657 g/mol. The summed E-state index contributed by atoms with van der Waals surface area (Å²) in [7, 11) is 0. The first kappa shape index (κ1) is 27.9. The van der Waals surface area contributed by atoms with Crippen molar-refractivity contribution < 1.29 is 0 Å². The van der Waals surface area contributed by atoms with Gasteiger partial charge in [-0.3, -0.25) is 4.98 Å². The van der Waals surface area contributed by atoms with E-state index in [0.717, 1.165) is 28.6 Å². The summed E-state index contributed by atoms with van der Waals surface area (Å²) in [5.74, 6) is 0.542. The zero-order chi connectivity index (χ0) is 32.9. The Morgan fingerprint density at radius 1 is 0.620 bits per heavy atom. The van der Waals surface area contributed by atoms with Gasteiger partial charge >= 0.3 is 0 Å². The van der Waals surface area contributed by atoms with Gasteiger partial charge in [0.25, 0.3) is 0 Å². The Hall–Kier alpha value is -5.97. The summed E-state index contributed by atoms with van der Waals surface area (Å²) < 4.78 is 7.50. The molecule has 6 aromatic carbocycles. The zero-order valence-electron chi connectivity index (χ0n) is 27.5. The lowest BCUT2D eigenvalue weighted by molar-refractivity contribution is 0.718. The lowest BCUT2D eigenvalue weighted by Crippen LogP contribution is -2.05. The molecular weight excluding hydrogens is 627 g/mol. The van der Waals surface area contributed by atoms with Gasteiger partial charge in [-0.25, -0.2) is 0 Å². The Balaban J connectivity index is 1.09. The molecule has 0 bridgehead atoms. The first-order valence-electron chi connectivity index (χ1n) is 17.3. The molecule has 0 fully saturated rings. The summed E-state index contributed by atoms with van der Waals surface area (Å²) in [5.41, 5.74) is 12.1. The number of thiophene rings is 1. The van der Waals surface area contributed by atoms with Gasteiger partial charge in [0, 0.05) is 76.1 Å². The van der Waals surface area contributed by atoms with E-state index in [1.165, 1.54) is 75.4 Å². The van der Waals surface area contributed by atoms with Crippen molar-refractivity contribution in [2.24, 2.45) is 5.92 Å². The summed E-state index contributed by atoms with van der Waals surface area (Å²) in [4.78, 5) is 4.96. The van der Waals surface area contributed by atoms with Crippen LogP contribution in [0.2, 0.25) is 0 Å². The number of fused-ring (bicyclic) bond motifs is 10. The molecule has 50 heavy (non-hydrogen) atoms. The Kier molecular flexibility index (Phi) is 5.87. The molecule has 0 saturated heterocycles. The van der Waals surface area contributed by atoms with Gasteiger partial charge in [0.05, 0.1) is 22.1 Å². The van der Waals surface area contributed by atoms with Gasteiger partial charge in [-0.05, 0) is 84.6 Å². The Labute approximate surface area is 293 Å². The predicted molar refractivity (Wildman–Crippen MR) is 213 cm³/mol. The lowest BCUT2D eigenvalue weighted by Gasteiger charge is -2.16. The second-order valence-electron chi connectivity index (χ2n) is 13.7. The van der Waals surface area contributed by atoms with E-state index >= 15 is 0 Å². The van der Waals surface area contributed by atoms with Crippen molar-refractivity contribution in [1.82, 2.24) is 14.1 Å². The van der Waals surface area contributed by atoms with E-state index in [9.17, 15) is 0 Å². The van der Waals surface area contributed by atoms with Crippen LogP contribution in [0.3, 0.4) is 0 Å². The fourth-order valence-electron chi connectivity index (χ4n) is 8.40. The molecule has 4 heteroatoms. The third-order valence-corrected chi connectivity index (χ3v) is 11.9. The van der Waals surface area contributed by atoms with Crippen LogP contribution in [0.4, 0.5) is 0 Å². The molecule has 1 unspecified atom stereocenters. The van der Waals surface area contributed by atoms with Crippen molar-refractivity contribution in [3.05, 3.63) is 157 Å². The minimum atomic E-state index is 0.542. The minimum absolute atomic E-state index is 0.542. The second kappa shape index (κ2) is 10.5. The Bertz CT molecular complexity index is 3040. The van der Waals surface area contributed by atoms with Crippen molar-refractivity contribution in [2.45, 2.75) is 13.3 Å². The summed E-state index contributed by atoms with van der Waals surface area (Å²) in [5, 5.41) is 7.61. The van der Waals surface area contributed by atoms with Gasteiger partial charge in [-0.15, -0.1) is 11.3 Å². The van der Waals surface area contributed by atoms with E-state index < -0.39 is 0 Å². The molecule has 1 atom stereocenters. The number of para-hydroxylation sites is 2. The highest BCUT2D eigenvalue weighted by atomic mass is 32.1. The van der Waals surface area contributed by atoms with Crippen LogP contribution >= 0.6 is 11.3 Å². The van der Waals surface area contributed by atoms with Crippen molar-refractivity contribution in [3.8, 4) is 22.5 Å². The van der Waals surface area contributed by atoms with E-state index in [-0.39, 0.29) is 0 Å². The van der Waals surface area contributed by atoms with Gasteiger partial charge in [-0.2, -0.15) is 0 Å². The van der Waals surface area contributed by atoms with E-state index in [2.05, 4.69) is 162 Å². The standard InChI is InChI=1S/C46H31N3S/c1-28-17-21-43-38(23-28)34-9-2-5-14-41(34)49(43)32-19-22-44-39(26-32)35-10-3-6-15-42(35)48(44)31-18-20-40-29(25-31)24-30(27-47-40)33-12-8-13-37-36-11-4-7-16-45(36)50-46(33)37/h2-22,24-28H,23H2,1H3. The normalized spacial score (nSPS) is 14.5. The average molecular weight is 658 g/mol.